The Morgan fingerprint density at radius 3 is 1.62 bits per heavy atom. The summed E-state index contributed by atoms with van der Waals surface area (Å²) in [4.78, 5) is 11.7. The van der Waals surface area contributed by atoms with E-state index in [0.29, 0.717) is 13.8 Å². The Morgan fingerprint density at radius 1 is 1.05 bits per heavy atom. The standard InChI is InChI=1S/C11H15F6IO3/c1-5-8(4,18)6(19)21-7(2,3)9(20,10(12,13)14)11(15,16)17/h20H,5H2,1-4H3. The fourth-order valence-electron chi connectivity index (χ4n) is 1.40. The van der Waals surface area contributed by atoms with Gasteiger partial charge in [-0.1, -0.05) is 29.5 Å². The average molecular weight is 436 g/mol. The Hall–Kier alpha value is -0.260. The number of aliphatic hydroxyl groups is 1. The normalized spacial score (nSPS) is 17.3. The van der Waals surface area contributed by atoms with Crippen LogP contribution in [0.2, 0.25) is 0 Å². The second-order valence-electron chi connectivity index (χ2n) is 5.16. The van der Waals surface area contributed by atoms with E-state index in [4.69, 9.17) is 0 Å². The Labute approximate surface area is 131 Å². The van der Waals surface area contributed by atoms with Gasteiger partial charge in [-0.05, 0) is 27.2 Å². The molecular formula is C11H15F6IO3. The molecule has 0 rings (SSSR count). The molecular weight excluding hydrogens is 421 g/mol. The first kappa shape index (κ1) is 20.7. The highest BCUT2D eigenvalue weighted by Gasteiger charge is 2.78. The second-order valence-corrected chi connectivity index (χ2v) is 7.54. The molecule has 0 fully saturated rings. The molecule has 1 atom stereocenters. The smallest absolute Gasteiger partial charge is 0.430 e. The Bertz CT molecular complexity index is 386. The van der Waals surface area contributed by atoms with Crippen LogP contribution in [0, 0.1) is 0 Å². The summed E-state index contributed by atoms with van der Waals surface area (Å²) in [5.74, 6) is -1.28. The molecule has 0 aromatic rings. The molecule has 0 aliphatic rings. The molecule has 1 N–H and O–H groups in total. The van der Waals surface area contributed by atoms with E-state index in [-0.39, 0.29) is 6.42 Å². The van der Waals surface area contributed by atoms with Crippen molar-refractivity contribution in [3.8, 4) is 0 Å². The molecule has 0 saturated heterocycles. The fourth-order valence-corrected chi connectivity index (χ4v) is 1.51. The van der Waals surface area contributed by atoms with Crippen LogP contribution in [0.3, 0.4) is 0 Å². The average Bonchev–Trinajstić information content (AvgIpc) is 2.23. The molecule has 0 spiro atoms. The molecule has 0 aliphatic carbocycles. The molecule has 0 amide bonds. The van der Waals surface area contributed by atoms with Gasteiger partial charge in [0.15, 0.2) is 5.60 Å². The van der Waals surface area contributed by atoms with Gasteiger partial charge in [0.25, 0.3) is 5.60 Å². The number of halogens is 7. The topological polar surface area (TPSA) is 46.5 Å². The highest BCUT2D eigenvalue weighted by molar-refractivity contribution is 14.1. The van der Waals surface area contributed by atoms with E-state index < -0.39 is 32.9 Å². The molecule has 0 radical (unpaired) electrons. The Kier molecular flexibility index (Phi) is 5.67. The zero-order valence-corrected chi connectivity index (χ0v) is 13.8. The highest BCUT2D eigenvalue weighted by Crippen LogP contribution is 2.51. The van der Waals surface area contributed by atoms with Crippen LogP contribution in [0.25, 0.3) is 0 Å². The first-order chi connectivity index (χ1) is 8.94. The van der Waals surface area contributed by atoms with Gasteiger partial charge in [-0.2, -0.15) is 26.3 Å². The number of alkyl halides is 7. The quantitative estimate of drug-likeness (QED) is 0.316. The van der Waals surface area contributed by atoms with Crippen molar-refractivity contribution in [1.29, 1.82) is 0 Å². The van der Waals surface area contributed by atoms with Crippen LogP contribution in [0.1, 0.15) is 34.1 Å². The van der Waals surface area contributed by atoms with Gasteiger partial charge in [-0.3, -0.25) is 4.79 Å². The molecule has 0 heterocycles. The van der Waals surface area contributed by atoms with Crippen molar-refractivity contribution >= 4 is 28.6 Å². The fraction of sp³-hybridized carbons (Fsp3) is 0.909. The highest BCUT2D eigenvalue weighted by atomic mass is 127. The number of carbonyl (C=O) groups excluding carboxylic acids is 1. The van der Waals surface area contributed by atoms with Gasteiger partial charge < -0.3 is 9.84 Å². The zero-order chi connectivity index (χ0) is 17.5. The van der Waals surface area contributed by atoms with Crippen molar-refractivity contribution in [2.75, 3.05) is 0 Å². The van der Waals surface area contributed by atoms with Gasteiger partial charge in [0.2, 0.25) is 0 Å². The number of hydrogen-bond acceptors (Lipinski definition) is 3. The summed E-state index contributed by atoms with van der Waals surface area (Å²) in [6, 6.07) is 0. The second kappa shape index (κ2) is 5.74. The first-order valence-corrected chi connectivity index (χ1v) is 6.80. The predicted octanol–water partition coefficient (Wildman–Crippen LogP) is 3.77. The van der Waals surface area contributed by atoms with Crippen LogP contribution in [-0.2, 0) is 9.53 Å². The molecule has 0 saturated carbocycles. The molecule has 0 bridgehead atoms. The maximum atomic E-state index is 12.8. The molecule has 126 valence electrons. The third-order valence-electron chi connectivity index (χ3n) is 3.13. The van der Waals surface area contributed by atoms with E-state index >= 15 is 0 Å². The van der Waals surface area contributed by atoms with Gasteiger partial charge >= 0.3 is 18.3 Å². The van der Waals surface area contributed by atoms with Gasteiger partial charge in [0.1, 0.15) is 3.42 Å². The van der Waals surface area contributed by atoms with E-state index in [0.717, 1.165) is 0 Å². The van der Waals surface area contributed by atoms with Crippen molar-refractivity contribution in [3.05, 3.63) is 0 Å². The van der Waals surface area contributed by atoms with Crippen LogP contribution in [-0.4, -0.2) is 38.1 Å². The summed E-state index contributed by atoms with van der Waals surface area (Å²) in [6.07, 6.45) is -12.0. The van der Waals surface area contributed by atoms with Crippen LogP contribution < -0.4 is 0 Å². The van der Waals surface area contributed by atoms with E-state index in [1.807, 2.05) is 0 Å². The van der Waals surface area contributed by atoms with Crippen molar-refractivity contribution in [2.45, 2.75) is 61.1 Å². The van der Waals surface area contributed by atoms with Crippen molar-refractivity contribution in [2.24, 2.45) is 0 Å². The maximum absolute atomic E-state index is 12.8. The number of esters is 1. The van der Waals surface area contributed by atoms with Crippen molar-refractivity contribution in [3.63, 3.8) is 0 Å². The summed E-state index contributed by atoms with van der Waals surface area (Å²) < 4.78 is 79.6. The van der Waals surface area contributed by atoms with Gasteiger partial charge in [0.05, 0.1) is 0 Å². The minimum atomic E-state index is -6.07. The number of carbonyl (C=O) groups is 1. The molecule has 0 aliphatic heterocycles. The van der Waals surface area contributed by atoms with E-state index in [1.165, 1.54) is 13.8 Å². The number of hydrogen-bond donors (Lipinski definition) is 1. The third-order valence-corrected chi connectivity index (χ3v) is 4.33. The summed E-state index contributed by atoms with van der Waals surface area (Å²) in [7, 11) is 0. The van der Waals surface area contributed by atoms with Crippen LogP contribution in [0.15, 0.2) is 0 Å². The van der Waals surface area contributed by atoms with Crippen LogP contribution in [0.5, 0.6) is 0 Å². The lowest BCUT2D eigenvalue weighted by atomic mass is 9.84. The molecule has 3 nitrogen and oxygen atoms in total. The summed E-state index contributed by atoms with van der Waals surface area (Å²) in [5, 5.41) is 9.27. The van der Waals surface area contributed by atoms with E-state index in [2.05, 4.69) is 4.74 Å². The minimum absolute atomic E-state index is 0.124. The van der Waals surface area contributed by atoms with Gasteiger partial charge in [0, 0.05) is 0 Å². The first-order valence-electron chi connectivity index (χ1n) is 5.72. The Balaban J connectivity index is 5.79. The lowest BCUT2D eigenvalue weighted by Crippen LogP contribution is -2.70. The molecule has 10 heteroatoms. The molecule has 1 unspecified atom stereocenters. The van der Waals surface area contributed by atoms with E-state index in [9.17, 15) is 36.2 Å². The summed E-state index contributed by atoms with van der Waals surface area (Å²) >= 11 is 1.56. The number of rotatable bonds is 4. The van der Waals surface area contributed by atoms with Crippen molar-refractivity contribution in [1.82, 2.24) is 0 Å². The van der Waals surface area contributed by atoms with Crippen LogP contribution in [0.4, 0.5) is 26.3 Å². The molecule has 0 aromatic heterocycles. The SMILES string of the molecule is CCC(C)(I)C(=O)OC(C)(C)C(O)(C(F)(F)F)C(F)(F)F. The maximum Gasteiger partial charge on any atom is 0.430 e. The predicted molar refractivity (Wildman–Crippen MR) is 69.9 cm³/mol. The summed E-state index contributed by atoms with van der Waals surface area (Å²) in [5.41, 5.74) is -8.43. The largest absolute Gasteiger partial charge is 0.455 e. The monoisotopic (exact) mass is 436 g/mol. The Morgan fingerprint density at radius 2 is 1.38 bits per heavy atom. The number of ether oxygens (including phenoxy) is 1. The van der Waals surface area contributed by atoms with Gasteiger partial charge in [-0.15, -0.1) is 0 Å². The lowest BCUT2D eigenvalue weighted by molar-refractivity contribution is -0.407. The van der Waals surface area contributed by atoms with E-state index in [1.54, 1.807) is 22.6 Å². The zero-order valence-electron chi connectivity index (χ0n) is 11.6. The van der Waals surface area contributed by atoms with Crippen molar-refractivity contribution < 1.29 is 41.0 Å². The minimum Gasteiger partial charge on any atom is -0.455 e. The molecule has 0 aromatic carbocycles. The summed E-state index contributed by atoms with van der Waals surface area (Å²) in [6.45, 7) is 3.55. The lowest BCUT2D eigenvalue weighted by Gasteiger charge is -2.44. The third kappa shape index (κ3) is 3.74. The molecule has 21 heavy (non-hydrogen) atoms. The van der Waals surface area contributed by atoms with Crippen LogP contribution >= 0.6 is 22.6 Å². The van der Waals surface area contributed by atoms with Gasteiger partial charge in [-0.25, -0.2) is 0 Å².